The molecule has 0 spiro atoms. The minimum absolute atomic E-state index is 0.0278. The summed E-state index contributed by atoms with van der Waals surface area (Å²) >= 11 is 2.79. The monoisotopic (exact) mass is 254 g/mol. The van der Waals surface area contributed by atoms with Crippen LogP contribution in [-0.4, -0.2) is 5.11 Å². The summed E-state index contributed by atoms with van der Waals surface area (Å²) in [5, 5.41) is 8.67. The van der Waals surface area contributed by atoms with Crippen molar-refractivity contribution in [2.45, 2.75) is 13.0 Å². The summed E-state index contributed by atoms with van der Waals surface area (Å²) in [6.07, 6.45) is -2.92. The van der Waals surface area contributed by atoms with Crippen LogP contribution in [0.25, 0.3) is 0 Å². The van der Waals surface area contributed by atoms with E-state index in [0.717, 1.165) is 0 Å². The lowest BCUT2D eigenvalue weighted by Crippen LogP contribution is -1.99. The second-order valence-electron chi connectivity index (χ2n) is 2.39. The lowest BCUT2D eigenvalue weighted by atomic mass is 10.1. The van der Waals surface area contributed by atoms with Gasteiger partial charge in [-0.3, -0.25) is 0 Å². The highest BCUT2D eigenvalue weighted by atomic mass is 79.9. The first-order valence-electron chi connectivity index (χ1n) is 3.43. The van der Waals surface area contributed by atoms with Crippen LogP contribution in [0.3, 0.4) is 0 Å². The first-order chi connectivity index (χ1) is 6.07. The largest absolute Gasteiger partial charge is 0.392 e. The van der Waals surface area contributed by atoms with Gasteiger partial charge in [-0.05, 0) is 27.6 Å². The van der Waals surface area contributed by atoms with Gasteiger partial charge >= 0.3 is 0 Å². The summed E-state index contributed by atoms with van der Waals surface area (Å²) in [5.74, 6) is -1.01. The van der Waals surface area contributed by atoms with Gasteiger partial charge in [-0.15, -0.1) is 0 Å². The van der Waals surface area contributed by atoms with Gasteiger partial charge in [0, 0.05) is 0 Å². The molecule has 1 aromatic rings. The molecule has 0 aliphatic heterocycles. The molecule has 0 saturated carbocycles. The molecule has 0 heterocycles. The maximum atomic E-state index is 13.1. The highest BCUT2D eigenvalue weighted by Crippen LogP contribution is 2.30. The van der Waals surface area contributed by atoms with E-state index >= 15 is 0 Å². The zero-order valence-electron chi connectivity index (χ0n) is 6.40. The van der Waals surface area contributed by atoms with Crippen LogP contribution in [-0.2, 0) is 6.61 Å². The molecule has 1 nitrogen and oxygen atoms in total. The van der Waals surface area contributed by atoms with Crippen LogP contribution in [0, 0.1) is 5.82 Å². The van der Waals surface area contributed by atoms with Crippen LogP contribution in [0.5, 0.6) is 0 Å². The molecule has 1 aromatic carbocycles. The van der Waals surface area contributed by atoms with Crippen LogP contribution < -0.4 is 0 Å². The molecular formula is C8H6BrF3O. The van der Waals surface area contributed by atoms with Gasteiger partial charge < -0.3 is 5.11 Å². The van der Waals surface area contributed by atoms with E-state index in [2.05, 4.69) is 15.9 Å². The van der Waals surface area contributed by atoms with Crippen molar-refractivity contribution >= 4 is 15.9 Å². The van der Waals surface area contributed by atoms with Crippen molar-refractivity contribution in [1.82, 2.24) is 0 Å². The topological polar surface area (TPSA) is 20.2 Å². The molecular weight excluding hydrogens is 249 g/mol. The van der Waals surface area contributed by atoms with Crippen molar-refractivity contribution in [3.8, 4) is 0 Å². The molecule has 0 fully saturated rings. The third-order valence-corrected chi connectivity index (χ3v) is 2.22. The number of hydrogen-bond donors (Lipinski definition) is 1. The number of halogens is 4. The lowest BCUT2D eigenvalue weighted by Gasteiger charge is -2.08. The number of rotatable bonds is 2. The Hall–Kier alpha value is -0.550. The SMILES string of the molecule is OCc1ccc(Br)c(F)c1C(F)F. The zero-order chi connectivity index (χ0) is 10.0. The first kappa shape index (κ1) is 10.5. The van der Waals surface area contributed by atoms with Gasteiger partial charge in [0.2, 0.25) is 0 Å². The Kier molecular flexibility index (Phi) is 3.33. The Morgan fingerprint density at radius 1 is 1.38 bits per heavy atom. The molecule has 0 aromatic heterocycles. The molecule has 72 valence electrons. The van der Waals surface area contributed by atoms with E-state index in [4.69, 9.17) is 5.11 Å². The van der Waals surface area contributed by atoms with E-state index in [1.165, 1.54) is 12.1 Å². The molecule has 1 N–H and O–H groups in total. The number of benzene rings is 1. The van der Waals surface area contributed by atoms with Crippen molar-refractivity contribution in [2.24, 2.45) is 0 Å². The third kappa shape index (κ3) is 2.03. The highest BCUT2D eigenvalue weighted by Gasteiger charge is 2.19. The van der Waals surface area contributed by atoms with Gasteiger partial charge in [0.1, 0.15) is 5.82 Å². The third-order valence-electron chi connectivity index (χ3n) is 1.61. The number of hydrogen-bond acceptors (Lipinski definition) is 1. The Morgan fingerprint density at radius 2 is 2.00 bits per heavy atom. The minimum Gasteiger partial charge on any atom is -0.392 e. The smallest absolute Gasteiger partial charge is 0.267 e. The molecule has 5 heteroatoms. The van der Waals surface area contributed by atoms with Crippen molar-refractivity contribution in [3.05, 3.63) is 33.5 Å². The van der Waals surface area contributed by atoms with Crippen molar-refractivity contribution in [3.63, 3.8) is 0 Å². The summed E-state index contributed by atoms with van der Waals surface area (Å²) < 4.78 is 37.6. The standard InChI is InChI=1S/C8H6BrF3O/c9-5-2-1-4(3-13)6(7(5)10)8(11)12/h1-2,8,13H,3H2. The van der Waals surface area contributed by atoms with E-state index in [0.29, 0.717) is 0 Å². The molecule has 0 atom stereocenters. The number of alkyl halides is 2. The van der Waals surface area contributed by atoms with Gasteiger partial charge in [0.15, 0.2) is 0 Å². The Bertz CT molecular complexity index is 315. The van der Waals surface area contributed by atoms with Crippen LogP contribution in [0.15, 0.2) is 16.6 Å². The van der Waals surface area contributed by atoms with Gasteiger partial charge in [0.25, 0.3) is 6.43 Å². The van der Waals surface area contributed by atoms with Crippen LogP contribution in [0.1, 0.15) is 17.6 Å². The lowest BCUT2D eigenvalue weighted by molar-refractivity contribution is 0.141. The summed E-state index contributed by atoms with van der Waals surface area (Å²) in [6, 6.07) is 2.54. The fraction of sp³-hybridized carbons (Fsp3) is 0.250. The van der Waals surface area contributed by atoms with Gasteiger partial charge in [0.05, 0.1) is 16.6 Å². The summed E-state index contributed by atoms with van der Waals surface area (Å²) in [7, 11) is 0. The average molecular weight is 255 g/mol. The normalized spacial score (nSPS) is 10.9. The second kappa shape index (κ2) is 4.11. The van der Waals surface area contributed by atoms with Crippen molar-refractivity contribution < 1.29 is 18.3 Å². The Labute approximate surface area is 81.3 Å². The van der Waals surface area contributed by atoms with Crippen molar-refractivity contribution in [1.29, 1.82) is 0 Å². The van der Waals surface area contributed by atoms with Crippen LogP contribution in [0.4, 0.5) is 13.2 Å². The maximum Gasteiger partial charge on any atom is 0.267 e. The predicted octanol–water partition coefficient (Wildman–Crippen LogP) is 3.02. The number of aliphatic hydroxyl groups is 1. The first-order valence-corrected chi connectivity index (χ1v) is 4.23. The van der Waals surface area contributed by atoms with Gasteiger partial charge in [-0.1, -0.05) is 6.07 Å². The fourth-order valence-corrected chi connectivity index (χ4v) is 1.33. The van der Waals surface area contributed by atoms with E-state index < -0.39 is 24.4 Å². The molecule has 0 unspecified atom stereocenters. The molecule has 1 rings (SSSR count). The predicted molar refractivity (Wildman–Crippen MR) is 45.0 cm³/mol. The minimum atomic E-state index is -2.92. The van der Waals surface area contributed by atoms with Gasteiger partial charge in [-0.25, -0.2) is 13.2 Å². The zero-order valence-corrected chi connectivity index (χ0v) is 7.98. The molecule has 0 aliphatic carbocycles. The van der Waals surface area contributed by atoms with E-state index in [1.807, 2.05) is 0 Å². The Morgan fingerprint density at radius 3 is 2.46 bits per heavy atom. The second-order valence-corrected chi connectivity index (χ2v) is 3.25. The molecule has 13 heavy (non-hydrogen) atoms. The molecule has 0 radical (unpaired) electrons. The van der Waals surface area contributed by atoms with Crippen molar-refractivity contribution in [2.75, 3.05) is 0 Å². The quantitative estimate of drug-likeness (QED) is 0.861. The van der Waals surface area contributed by atoms with Crippen LogP contribution in [0.2, 0.25) is 0 Å². The molecule has 0 saturated heterocycles. The fourth-order valence-electron chi connectivity index (χ4n) is 0.980. The number of aliphatic hydroxyl groups excluding tert-OH is 1. The molecule has 0 aliphatic rings. The highest BCUT2D eigenvalue weighted by molar-refractivity contribution is 9.10. The van der Waals surface area contributed by atoms with Crippen LogP contribution >= 0.6 is 15.9 Å². The van der Waals surface area contributed by atoms with E-state index in [1.54, 1.807) is 0 Å². The van der Waals surface area contributed by atoms with E-state index in [-0.39, 0.29) is 10.0 Å². The summed E-state index contributed by atoms with van der Waals surface area (Å²) in [4.78, 5) is 0. The Balaban J connectivity index is 3.32. The molecule has 0 bridgehead atoms. The molecule has 0 amide bonds. The maximum absolute atomic E-state index is 13.1. The van der Waals surface area contributed by atoms with Gasteiger partial charge in [-0.2, -0.15) is 0 Å². The average Bonchev–Trinajstić information content (AvgIpc) is 2.08. The summed E-state index contributed by atoms with van der Waals surface area (Å²) in [5.41, 5.74) is -0.826. The summed E-state index contributed by atoms with van der Waals surface area (Å²) in [6.45, 7) is -0.593. The van der Waals surface area contributed by atoms with E-state index in [9.17, 15) is 13.2 Å².